The second-order valence-corrected chi connectivity index (χ2v) is 5.05. The molecule has 0 aliphatic carbocycles. The highest BCUT2D eigenvalue weighted by atomic mass is 16.6. The van der Waals surface area contributed by atoms with Crippen LogP contribution in [0.1, 0.15) is 20.8 Å². The van der Waals surface area contributed by atoms with E-state index < -0.39 is 5.60 Å². The van der Waals surface area contributed by atoms with Crippen molar-refractivity contribution in [3.05, 3.63) is 0 Å². The molecule has 1 saturated heterocycles. The second-order valence-electron chi connectivity index (χ2n) is 5.05. The Bertz CT molecular complexity index is 237. The first kappa shape index (κ1) is 13.3. The lowest BCUT2D eigenvalue weighted by molar-refractivity contribution is 0.0224. The lowest BCUT2D eigenvalue weighted by atomic mass is 10.1. The molecule has 0 aromatic carbocycles. The number of amides is 1. The Kier molecular flexibility index (Phi) is 4.56. The quantitative estimate of drug-likeness (QED) is 0.727. The maximum absolute atomic E-state index is 11.8. The van der Waals surface area contributed by atoms with Gasteiger partial charge in [-0.15, -0.1) is 0 Å². The molecule has 0 aromatic heterocycles. The SMILES string of the molecule is CC(C)(C)OC(=O)N1CCOC[C@@H](CO)C1. The van der Waals surface area contributed by atoms with Crippen LogP contribution >= 0.6 is 0 Å². The number of ether oxygens (including phenoxy) is 2. The van der Waals surface area contributed by atoms with Gasteiger partial charge in [0.1, 0.15) is 5.60 Å². The Morgan fingerprint density at radius 1 is 1.56 bits per heavy atom. The maximum atomic E-state index is 11.8. The van der Waals surface area contributed by atoms with Gasteiger partial charge in [-0.25, -0.2) is 4.79 Å². The average molecular weight is 231 g/mol. The van der Waals surface area contributed by atoms with Crippen LogP contribution in [0.25, 0.3) is 0 Å². The molecule has 1 fully saturated rings. The molecule has 0 radical (unpaired) electrons. The smallest absolute Gasteiger partial charge is 0.410 e. The summed E-state index contributed by atoms with van der Waals surface area (Å²) in [6.45, 7) is 7.54. The van der Waals surface area contributed by atoms with Gasteiger partial charge in [0, 0.05) is 25.6 Å². The molecule has 1 rings (SSSR count). The summed E-state index contributed by atoms with van der Waals surface area (Å²) < 4.78 is 10.6. The van der Waals surface area contributed by atoms with E-state index >= 15 is 0 Å². The van der Waals surface area contributed by atoms with Crippen molar-refractivity contribution < 1.29 is 19.4 Å². The van der Waals surface area contributed by atoms with Crippen LogP contribution in [0.3, 0.4) is 0 Å². The van der Waals surface area contributed by atoms with E-state index in [0.29, 0.717) is 26.3 Å². The van der Waals surface area contributed by atoms with Crippen LogP contribution in [-0.4, -0.2) is 54.6 Å². The largest absolute Gasteiger partial charge is 0.444 e. The average Bonchev–Trinajstić information content (AvgIpc) is 2.39. The number of carbonyl (C=O) groups is 1. The van der Waals surface area contributed by atoms with Crippen LogP contribution in [0, 0.1) is 5.92 Å². The third-order valence-electron chi connectivity index (χ3n) is 2.25. The first-order valence-electron chi connectivity index (χ1n) is 5.59. The van der Waals surface area contributed by atoms with E-state index in [9.17, 15) is 4.79 Å². The number of nitrogens with zero attached hydrogens (tertiary/aromatic N) is 1. The third-order valence-corrected chi connectivity index (χ3v) is 2.25. The highest BCUT2D eigenvalue weighted by Gasteiger charge is 2.26. The Balaban J connectivity index is 2.53. The fourth-order valence-corrected chi connectivity index (χ4v) is 1.48. The van der Waals surface area contributed by atoms with Crippen molar-refractivity contribution in [2.75, 3.05) is 32.9 Å². The summed E-state index contributed by atoms with van der Waals surface area (Å²) in [6, 6.07) is 0. The highest BCUT2D eigenvalue weighted by molar-refractivity contribution is 5.68. The minimum atomic E-state index is -0.487. The molecule has 1 amide bonds. The molecule has 5 nitrogen and oxygen atoms in total. The maximum Gasteiger partial charge on any atom is 0.410 e. The first-order chi connectivity index (χ1) is 7.42. The zero-order chi connectivity index (χ0) is 12.2. The summed E-state index contributed by atoms with van der Waals surface area (Å²) in [4.78, 5) is 13.4. The van der Waals surface area contributed by atoms with E-state index in [1.54, 1.807) is 4.90 Å². The lowest BCUT2D eigenvalue weighted by Gasteiger charge is -2.27. The van der Waals surface area contributed by atoms with E-state index in [-0.39, 0.29) is 18.6 Å². The predicted octanol–water partition coefficient (Wildman–Crippen LogP) is 0.862. The number of carbonyl (C=O) groups excluding carboxylic acids is 1. The molecule has 94 valence electrons. The van der Waals surface area contributed by atoms with Crippen molar-refractivity contribution >= 4 is 6.09 Å². The van der Waals surface area contributed by atoms with Crippen LogP contribution in [0.4, 0.5) is 4.79 Å². The Morgan fingerprint density at radius 3 is 2.81 bits per heavy atom. The molecule has 0 spiro atoms. The Hall–Kier alpha value is -0.810. The Morgan fingerprint density at radius 2 is 2.25 bits per heavy atom. The summed E-state index contributed by atoms with van der Waals surface area (Å²) in [5.74, 6) is -0.0185. The van der Waals surface area contributed by atoms with Crippen LogP contribution < -0.4 is 0 Å². The molecule has 0 unspecified atom stereocenters. The van der Waals surface area contributed by atoms with E-state index in [4.69, 9.17) is 14.6 Å². The van der Waals surface area contributed by atoms with Gasteiger partial charge in [-0.3, -0.25) is 0 Å². The summed E-state index contributed by atoms with van der Waals surface area (Å²) in [5, 5.41) is 9.09. The number of rotatable bonds is 1. The van der Waals surface area contributed by atoms with E-state index in [1.165, 1.54) is 0 Å². The van der Waals surface area contributed by atoms with Crippen molar-refractivity contribution in [2.24, 2.45) is 5.92 Å². The molecule has 5 heteroatoms. The van der Waals surface area contributed by atoms with Gasteiger partial charge in [0.25, 0.3) is 0 Å². The van der Waals surface area contributed by atoms with Gasteiger partial charge in [-0.05, 0) is 20.8 Å². The minimum absolute atomic E-state index is 0.0185. The van der Waals surface area contributed by atoms with E-state index in [2.05, 4.69) is 0 Å². The van der Waals surface area contributed by atoms with Crippen molar-refractivity contribution in [3.8, 4) is 0 Å². The summed E-state index contributed by atoms with van der Waals surface area (Å²) in [7, 11) is 0. The van der Waals surface area contributed by atoms with Gasteiger partial charge in [-0.2, -0.15) is 0 Å². The van der Waals surface area contributed by atoms with Gasteiger partial charge < -0.3 is 19.5 Å². The molecule has 0 aromatic rings. The molecule has 16 heavy (non-hydrogen) atoms. The van der Waals surface area contributed by atoms with Crippen LogP contribution in [-0.2, 0) is 9.47 Å². The molecular formula is C11H21NO4. The van der Waals surface area contributed by atoms with Gasteiger partial charge in [0.15, 0.2) is 0 Å². The topological polar surface area (TPSA) is 59.0 Å². The molecule has 1 heterocycles. The first-order valence-corrected chi connectivity index (χ1v) is 5.59. The number of hydrogen-bond donors (Lipinski definition) is 1. The zero-order valence-electron chi connectivity index (χ0n) is 10.2. The normalized spacial score (nSPS) is 22.8. The third kappa shape index (κ3) is 4.37. The molecule has 0 bridgehead atoms. The van der Waals surface area contributed by atoms with Crippen LogP contribution in [0.5, 0.6) is 0 Å². The van der Waals surface area contributed by atoms with Crippen molar-refractivity contribution in [3.63, 3.8) is 0 Å². The van der Waals surface area contributed by atoms with Crippen LogP contribution in [0.15, 0.2) is 0 Å². The van der Waals surface area contributed by atoms with Crippen molar-refractivity contribution in [1.29, 1.82) is 0 Å². The predicted molar refractivity (Wildman–Crippen MR) is 59.2 cm³/mol. The minimum Gasteiger partial charge on any atom is -0.444 e. The van der Waals surface area contributed by atoms with E-state index in [1.807, 2.05) is 20.8 Å². The van der Waals surface area contributed by atoms with Crippen molar-refractivity contribution in [2.45, 2.75) is 26.4 Å². The molecular weight excluding hydrogens is 210 g/mol. The lowest BCUT2D eigenvalue weighted by Crippen LogP contribution is -2.40. The van der Waals surface area contributed by atoms with Gasteiger partial charge >= 0.3 is 6.09 Å². The molecule has 1 atom stereocenters. The summed E-state index contributed by atoms with van der Waals surface area (Å²) in [5.41, 5.74) is -0.487. The highest BCUT2D eigenvalue weighted by Crippen LogP contribution is 2.13. The van der Waals surface area contributed by atoms with Gasteiger partial charge in [-0.1, -0.05) is 0 Å². The zero-order valence-corrected chi connectivity index (χ0v) is 10.2. The van der Waals surface area contributed by atoms with Gasteiger partial charge in [0.2, 0.25) is 0 Å². The number of hydrogen-bond acceptors (Lipinski definition) is 4. The van der Waals surface area contributed by atoms with Gasteiger partial charge in [0.05, 0.1) is 13.2 Å². The molecule has 0 saturated carbocycles. The van der Waals surface area contributed by atoms with Crippen molar-refractivity contribution in [1.82, 2.24) is 4.90 Å². The monoisotopic (exact) mass is 231 g/mol. The fraction of sp³-hybridized carbons (Fsp3) is 0.909. The summed E-state index contributed by atoms with van der Waals surface area (Å²) >= 11 is 0. The number of aliphatic hydroxyl groups is 1. The molecule has 1 N–H and O–H groups in total. The standard InChI is InChI=1S/C11H21NO4/c1-11(2,3)16-10(14)12-4-5-15-8-9(6-12)7-13/h9,13H,4-8H2,1-3H3/t9-/m1/s1. The number of aliphatic hydroxyl groups excluding tert-OH is 1. The second kappa shape index (κ2) is 5.50. The molecule has 1 aliphatic rings. The Labute approximate surface area is 96.3 Å². The fourth-order valence-electron chi connectivity index (χ4n) is 1.48. The van der Waals surface area contributed by atoms with Crippen LogP contribution in [0.2, 0.25) is 0 Å². The molecule has 1 aliphatic heterocycles. The van der Waals surface area contributed by atoms with E-state index in [0.717, 1.165) is 0 Å². The summed E-state index contributed by atoms with van der Waals surface area (Å²) in [6.07, 6.45) is -0.337.